The van der Waals surface area contributed by atoms with E-state index in [0.29, 0.717) is 11.5 Å². The predicted octanol–water partition coefficient (Wildman–Crippen LogP) is 2.88. The van der Waals surface area contributed by atoms with Crippen molar-refractivity contribution in [3.8, 4) is 5.75 Å². The molecule has 1 atom stereocenters. The third kappa shape index (κ3) is 5.21. The summed E-state index contributed by atoms with van der Waals surface area (Å²) < 4.78 is 0. The highest BCUT2D eigenvalue weighted by molar-refractivity contribution is 5.79. The Kier molecular flexibility index (Phi) is 5.69. The maximum atomic E-state index is 11.8. The molecule has 1 amide bonds. The molecule has 0 aromatic heterocycles. The van der Waals surface area contributed by atoms with Crippen molar-refractivity contribution < 1.29 is 9.90 Å². The Morgan fingerprint density at radius 3 is 2.50 bits per heavy atom. The predicted molar refractivity (Wildman–Crippen MR) is 73.5 cm³/mol. The van der Waals surface area contributed by atoms with Crippen molar-refractivity contribution >= 4 is 5.91 Å². The fourth-order valence-electron chi connectivity index (χ4n) is 1.81. The lowest BCUT2D eigenvalue weighted by atomic mass is 10.0. The summed E-state index contributed by atoms with van der Waals surface area (Å²) >= 11 is 0. The number of amides is 1. The van der Waals surface area contributed by atoms with Crippen molar-refractivity contribution in [1.29, 1.82) is 0 Å². The van der Waals surface area contributed by atoms with Gasteiger partial charge in [0.25, 0.3) is 0 Å². The number of para-hydroxylation sites is 1. The molecule has 0 aliphatic carbocycles. The fourth-order valence-corrected chi connectivity index (χ4v) is 1.81. The number of rotatable bonds is 6. The average Bonchev–Trinajstić information content (AvgIpc) is 2.29. The summed E-state index contributed by atoms with van der Waals surface area (Å²) in [5, 5.41) is 12.6. The standard InChI is InChI=1S/C15H23NO2/c1-11(2)8-9-12(3)16-15(18)10-13-6-4-5-7-14(13)17/h4-7,11-12,17H,8-10H2,1-3H3,(H,16,18)/t12-/m0/s1. The number of aromatic hydroxyl groups is 1. The lowest BCUT2D eigenvalue weighted by Crippen LogP contribution is -2.33. The monoisotopic (exact) mass is 249 g/mol. The molecule has 0 saturated heterocycles. The molecule has 0 saturated carbocycles. The molecule has 0 spiro atoms. The summed E-state index contributed by atoms with van der Waals surface area (Å²) in [6.45, 7) is 6.37. The number of hydrogen-bond acceptors (Lipinski definition) is 2. The Hall–Kier alpha value is -1.51. The maximum Gasteiger partial charge on any atom is 0.224 e. The first kappa shape index (κ1) is 14.6. The molecular formula is C15H23NO2. The van der Waals surface area contributed by atoms with Crippen molar-refractivity contribution in [2.24, 2.45) is 5.92 Å². The van der Waals surface area contributed by atoms with Crippen molar-refractivity contribution in [3.63, 3.8) is 0 Å². The number of carbonyl (C=O) groups is 1. The van der Waals surface area contributed by atoms with Crippen LogP contribution in [0.3, 0.4) is 0 Å². The van der Waals surface area contributed by atoms with Gasteiger partial charge in [-0.3, -0.25) is 4.79 Å². The molecule has 0 aliphatic rings. The first-order valence-electron chi connectivity index (χ1n) is 6.55. The zero-order chi connectivity index (χ0) is 13.5. The van der Waals surface area contributed by atoms with Crippen molar-refractivity contribution in [2.45, 2.75) is 46.1 Å². The zero-order valence-electron chi connectivity index (χ0n) is 11.4. The minimum absolute atomic E-state index is 0.0345. The van der Waals surface area contributed by atoms with E-state index in [1.54, 1.807) is 18.2 Å². The molecule has 18 heavy (non-hydrogen) atoms. The molecule has 100 valence electrons. The number of carbonyl (C=O) groups excluding carboxylic acids is 1. The number of phenols is 1. The van der Waals surface area contributed by atoms with E-state index in [4.69, 9.17) is 0 Å². The molecule has 3 heteroatoms. The summed E-state index contributed by atoms with van der Waals surface area (Å²) in [5.41, 5.74) is 0.672. The van der Waals surface area contributed by atoms with E-state index in [9.17, 15) is 9.90 Å². The van der Waals surface area contributed by atoms with Crippen LogP contribution in [-0.2, 0) is 11.2 Å². The summed E-state index contributed by atoms with van der Waals surface area (Å²) in [6, 6.07) is 7.14. The van der Waals surface area contributed by atoms with Gasteiger partial charge in [0.2, 0.25) is 5.91 Å². The number of benzene rings is 1. The van der Waals surface area contributed by atoms with Gasteiger partial charge in [0.1, 0.15) is 5.75 Å². The van der Waals surface area contributed by atoms with E-state index in [1.165, 1.54) is 0 Å². The highest BCUT2D eigenvalue weighted by atomic mass is 16.3. The lowest BCUT2D eigenvalue weighted by Gasteiger charge is -2.15. The minimum atomic E-state index is -0.0345. The van der Waals surface area contributed by atoms with Gasteiger partial charge in [-0.05, 0) is 31.7 Å². The van der Waals surface area contributed by atoms with E-state index in [1.807, 2.05) is 13.0 Å². The second kappa shape index (κ2) is 7.04. The van der Waals surface area contributed by atoms with E-state index < -0.39 is 0 Å². The van der Waals surface area contributed by atoms with Gasteiger partial charge in [0, 0.05) is 11.6 Å². The van der Waals surface area contributed by atoms with Crippen LogP contribution in [0.1, 0.15) is 39.2 Å². The van der Waals surface area contributed by atoms with Crippen LogP contribution >= 0.6 is 0 Å². The molecule has 0 radical (unpaired) electrons. The first-order chi connectivity index (χ1) is 8.49. The second-order valence-electron chi connectivity index (χ2n) is 5.25. The summed E-state index contributed by atoms with van der Waals surface area (Å²) in [7, 11) is 0. The van der Waals surface area contributed by atoms with Gasteiger partial charge in [0.05, 0.1) is 6.42 Å². The number of nitrogens with one attached hydrogen (secondary N) is 1. The van der Waals surface area contributed by atoms with Gasteiger partial charge >= 0.3 is 0 Å². The molecule has 0 aliphatic heterocycles. The van der Waals surface area contributed by atoms with E-state index in [0.717, 1.165) is 12.8 Å². The van der Waals surface area contributed by atoms with Gasteiger partial charge in [-0.1, -0.05) is 32.0 Å². The number of phenolic OH excluding ortho intramolecular Hbond substituents is 1. The fraction of sp³-hybridized carbons (Fsp3) is 0.533. The summed E-state index contributed by atoms with van der Waals surface area (Å²) in [5.74, 6) is 0.803. The molecular weight excluding hydrogens is 226 g/mol. The van der Waals surface area contributed by atoms with Gasteiger partial charge in [-0.2, -0.15) is 0 Å². The maximum absolute atomic E-state index is 11.8. The smallest absolute Gasteiger partial charge is 0.224 e. The molecule has 3 nitrogen and oxygen atoms in total. The zero-order valence-corrected chi connectivity index (χ0v) is 11.4. The molecule has 1 aromatic rings. The van der Waals surface area contributed by atoms with Gasteiger partial charge in [-0.25, -0.2) is 0 Å². The molecule has 0 unspecified atom stereocenters. The minimum Gasteiger partial charge on any atom is -0.508 e. The van der Waals surface area contributed by atoms with Crippen molar-refractivity contribution in [1.82, 2.24) is 5.32 Å². The van der Waals surface area contributed by atoms with Crippen LogP contribution in [0.5, 0.6) is 5.75 Å². The van der Waals surface area contributed by atoms with Crippen LogP contribution < -0.4 is 5.32 Å². The Morgan fingerprint density at radius 2 is 1.89 bits per heavy atom. The van der Waals surface area contributed by atoms with Gasteiger partial charge in [-0.15, -0.1) is 0 Å². The van der Waals surface area contributed by atoms with Crippen LogP contribution in [-0.4, -0.2) is 17.1 Å². The average molecular weight is 249 g/mol. The van der Waals surface area contributed by atoms with Crippen molar-refractivity contribution in [3.05, 3.63) is 29.8 Å². The summed E-state index contributed by atoms with van der Waals surface area (Å²) in [6.07, 6.45) is 2.33. The normalized spacial score (nSPS) is 12.4. The van der Waals surface area contributed by atoms with Gasteiger partial charge < -0.3 is 10.4 Å². The molecule has 0 fully saturated rings. The number of hydrogen-bond donors (Lipinski definition) is 2. The van der Waals surface area contributed by atoms with E-state index >= 15 is 0 Å². The third-order valence-corrected chi connectivity index (χ3v) is 2.93. The molecule has 1 aromatic carbocycles. The Bertz CT molecular complexity index is 388. The quantitative estimate of drug-likeness (QED) is 0.814. The lowest BCUT2D eigenvalue weighted by molar-refractivity contribution is -0.121. The van der Waals surface area contributed by atoms with Crippen LogP contribution in [0.2, 0.25) is 0 Å². The van der Waals surface area contributed by atoms with Crippen LogP contribution in [0, 0.1) is 5.92 Å². The second-order valence-corrected chi connectivity index (χ2v) is 5.25. The Morgan fingerprint density at radius 1 is 1.22 bits per heavy atom. The van der Waals surface area contributed by atoms with Crippen LogP contribution in [0.4, 0.5) is 0 Å². The molecule has 0 heterocycles. The first-order valence-corrected chi connectivity index (χ1v) is 6.55. The van der Waals surface area contributed by atoms with Gasteiger partial charge in [0.15, 0.2) is 0 Å². The largest absolute Gasteiger partial charge is 0.508 e. The molecule has 1 rings (SSSR count). The summed E-state index contributed by atoms with van der Waals surface area (Å²) in [4.78, 5) is 11.8. The Labute approximate surface area is 109 Å². The highest BCUT2D eigenvalue weighted by Crippen LogP contribution is 2.16. The van der Waals surface area contributed by atoms with E-state index in [2.05, 4.69) is 19.2 Å². The topological polar surface area (TPSA) is 49.3 Å². The van der Waals surface area contributed by atoms with Crippen molar-refractivity contribution in [2.75, 3.05) is 0 Å². The Balaban J connectivity index is 2.40. The third-order valence-electron chi connectivity index (χ3n) is 2.93. The van der Waals surface area contributed by atoms with Crippen LogP contribution in [0.15, 0.2) is 24.3 Å². The highest BCUT2D eigenvalue weighted by Gasteiger charge is 2.10. The molecule has 0 bridgehead atoms. The molecule has 2 N–H and O–H groups in total. The SMILES string of the molecule is CC(C)CC[C@H](C)NC(=O)Cc1ccccc1O. The van der Waals surface area contributed by atoms with E-state index in [-0.39, 0.29) is 24.1 Å². The van der Waals surface area contributed by atoms with Crippen LogP contribution in [0.25, 0.3) is 0 Å².